The standard InChI is InChI=1S/C23H28BrN5O4S/c1-3-17(15-30)27-22-20(24)14-25-23(29-22)28-18-10-9-16(2)21(13-18)34(31,32)26-11-12-33-19-7-5-4-6-8-19/h4-10,13-14,17,26,30H,3,11-12,15H2,1-2H3,(H2,25,27,28,29)/t17-/m1/s1. The number of nitrogens with zero attached hydrogens (tertiary/aromatic N) is 2. The summed E-state index contributed by atoms with van der Waals surface area (Å²) in [6.45, 7) is 3.99. The summed E-state index contributed by atoms with van der Waals surface area (Å²) in [4.78, 5) is 8.83. The highest BCUT2D eigenvalue weighted by atomic mass is 79.9. The summed E-state index contributed by atoms with van der Waals surface area (Å²) in [5, 5.41) is 15.6. The fourth-order valence-electron chi connectivity index (χ4n) is 3.03. The highest BCUT2D eigenvalue weighted by Crippen LogP contribution is 2.25. The topological polar surface area (TPSA) is 125 Å². The SMILES string of the molecule is CC[C@H](CO)Nc1nc(Nc2ccc(C)c(S(=O)(=O)NCCOc3ccccc3)c2)ncc1Br. The van der Waals surface area contributed by atoms with Crippen LogP contribution in [0.15, 0.2) is 64.1 Å². The maximum atomic E-state index is 12.9. The first kappa shape index (κ1) is 25.9. The molecule has 0 bridgehead atoms. The van der Waals surface area contributed by atoms with Crippen molar-refractivity contribution < 1.29 is 18.3 Å². The van der Waals surface area contributed by atoms with Gasteiger partial charge in [0.25, 0.3) is 0 Å². The highest BCUT2D eigenvalue weighted by Gasteiger charge is 2.18. The Morgan fingerprint density at radius 3 is 2.65 bits per heavy atom. The number of aryl methyl sites for hydroxylation is 1. The van der Waals surface area contributed by atoms with Gasteiger partial charge in [0.05, 0.1) is 22.0 Å². The summed E-state index contributed by atoms with van der Waals surface area (Å²) in [5.41, 5.74) is 1.13. The van der Waals surface area contributed by atoms with Crippen molar-refractivity contribution in [3.8, 4) is 5.75 Å². The quantitative estimate of drug-likeness (QED) is 0.251. The fourth-order valence-corrected chi connectivity index (χ4v) is 4.62. The van der Waals surface area contributed by atoms with Gasteiger partial charge in [-0.05, 0) is 59.1 Å². The highest BCUT2D eigenvalue weighted by molar-refractivity contribution is 9.10. The van der Waals surface area contributed by atoms with E-state index in [9.17, 15) is 13.5 Å². The van der Waals surface area contributed by atoms with Gasteiger partial charge in [0.2, 0.25) is 16.0 Å². The minimum Gasteiger partial charge on any atom is -0.492 e. The van der Waals surface area contributed by atoms with E-state index in [-0.39, 0.29) is 36.6 Å². The van der Waals surface area contributed by atoms with Crippen LogP contribution >= 0.6 is 15.9 Å². The van der Waals surface area contributed by atoms with E-state index in [0.29, 0.717) is 27.3 Å². The van der Waals surface area contributed by atoms with Gasteiger partial charge in [0.15, 0.2) is 0 Å². The molecule has 0 aliphatic carbocycles. The lowest BCUT2D eigenvalue weighted by atomic mass is 10.2. The first-order valence-corrected chi connectivity index (χ1v) is 13.0. The molecule has 34 heavy (non-hydrogen) atoms. The Labute approximate surface area is 208 Å². The second-order valence-corrected chi connectivity index (χ2v) is 10.1. The van der Waals surface area contributed by atoms with Gasteiger partial charge >= 0.3 is 0 Å². The average molecular weight is 550 g/mol. The minimum absolute atomic E-state index is 0.0295. The molecule has 182 valence electrons. The molecule has 9 nitrogen and oxygen atoms in total. The van der Waals surface area contributed by atoms with Crippen LogP contribution in [0.5, 0.6) is 5.75 Å². The maximum absolute atomic E-state index is 12.9. The van der Waals surface area contributed by atoms with Crippen molar-refractivity contribution in [3.63, 3.8) is 0 Å². The van der Waals surface area contributed by atoms with Crippen LogP contribution in [0, 0.1) is 6.92 Å². The molecule has 0 unspecified atom stereocenters. The van der Waals surface area contributed by atoms with Crippen molar-refractivity contribution >= 4 is 43.4 Å². The van der Waals surface area contributed by atoms with Crippen LogP contribution in [0.1, 0.15) is 18.9 Å². The summed E-state index contributed by atoms with van der Waals surface area (Å²) in [7, 11) is -3.76. The van der Waals surface area contributed by atoms with Crippen LogP contribution in [0.3, 0.4) is 0 Å². The molecule has 0 spiro atoms. The molecule has 0 fully saturated rings. The van der Waals surface area contributed by atoms with Gasteiger partial charge in [0.1, 0.15) is 18.2 Å². The summed E-state index contributed by atoms with van der Waals surface area (Å²) in [5.74, 6) is 1.49. The van der Waals surface area contributed by atoms with Gasteiger partial charge in [0, 0.05) is 18.4 Å². The lowest BCUT2D eigenvalue weighted by molar-refractivity contribution is 0.271. The summed E-state index contributed by atoms with van der Waals surface area (Å²) >= 11 is 3.40. The molecule has 0 saturated heterocycles. The normalized spacial score (nSPS) is 12.2. The number of aromatic nitrogens is 2. The molecular weight excluding hydrogens is 522 g/mol. The Kier molecular flexibility index (Phi) is 9.22. The molecule has 11 heteroatoms. The number of benzene rings is 2. The molecule has 0 radical (unpaired) electrons. The Balaban J connectivity index is 1.69. The average Bonchev–Trinajstić information content (AvgIpc) is 2.84. The smallest absolute Gasteiger partial charge is 0.241 e. The zero-order valence-electron chi connectivity index (χ0n) is 19.0. The van der Waals surface area contributed by atoms with E-state index < -0.39 is 10.0 Å². The Morgan fingerprint density at radius 1 is 1.18 bits per heavy atom. The number of aliphatic hydroxyl groups is 1. The predicted octanol–water partition coefficient (Wildman–Crippen LogP) is 3.83. The molecule has 1 heterocycles. The number of halogens is 1. The Hall–Kier alpha value is -2.73. The number of para-hydroxylation sites is 1. The molecule has 4 N–H and O–H groups in total. The van der Waals surface area contributed by atoms with E-state index in [0.717, 1.165) is 6.42 Å². The second-order valence-electron chi connectivity index (χ2n) is 7.49. The van der Waals surface area contributed by atoms with Gasteiger partial charge < -0.3 is 20.5 Å². The van der Waals surface area contributed by atoms with Crippen LogP contribution in [-0.2, 0) is 10.0 Å². The van der Waals surface area contributed by atoms with Crippen molar-refractivity contribution in [3.05, 3.63) is 64.8 Å². The van der Waals surface area contributed by atoms with E-state index in [1.54, 1.807) is 25.3 Å². The van der Waals surface area contributed by atoms with Gasteiger partial charge in [-0.25, -0.2) is 18.1 Å². The van der Waals surface area contributed by atoms with E-state index in [4.69, 9.17) is 4.74 Å². The molecule has 0 aliphatic heterocycles. The monoisotopic (exact) mass is 549 g/mol. The van der Waals surface area contributed by atoms with E-state index >= 15 is 0 Å². The molecule has 3 rings (SSSR count). The lowest BCUT2D eigenvalue weighted by Gasteiger charge is -2.17. The maximum Gasteiger partial charge on any atom is 0.241 e. The van der Waals surface area contributed by atoms with E-state index in [1.165, 1.54) is 6.07 Å². The van der Waals surface area contributed by atoms with Crippen molar-refractivity contribution in [2.24, 2.45) is 0 Å². The van der Waals surface area contributed by atoms with Crippen LogP contribution in [0.4, 0.5) is 17.5 Å². The zero-order valence-corrected chi connectivity index (χ0v) is 21.4. The molecule has 0 amide bonds. The molecule has 3 aromatic rings. The number of ether oxygens (including phenoxy) is 1. The Morgan fingerprint density at radius 2 is 1.94 bits per heavy atom. The third-order valence-electron chi connectivity index (χ3n) is 4.94. The molecule has 1 aromatic heterocycles. The number of aliphatic hydroxyl groups excluding tert-OH is 1. The molecule has 2 aromatic carbocycles. The third kappa shape index (κ3) is 7.13. The Bertz CT molecular complexity index is 1190. The van der Waals surface area contributed by atoms with Gasteiger partial charge in [-0.3, -0.25) is 0 Å². The second kappa shape index (κ2) is 12.1. The fraction of sp³-hybridized carbons (Fsp3) is 0.304. The molecule has 0 aliphatic rings. The van der Waals surface area contributed by atoms with E-state index in [1.807, 2.05) is 37.3 Å². The van der Waals surface area contributed by atoms with Gasteiger partial charge in [-0.1, -0.05) is 31.2 Å². The number of hydrogen-bond acceptors (Lipinski definition) is 8. The van der Waals surface area contributed by atoms with Crippen molar-refractivity contribution in [1.29, 1.82) is 0 Å². The first-order chi connectivity index (χ1) is 16.3. The number of rotatable bonds is 12. The summed E-state index contributed by atoms with van der Waals surface area (Å²) in [6.07, 6.45) is 2.31. The van der Waals surface area contributed by atoms with Crippen LogP contribution in [0.2, 0.25) is 0 Å². The molecule has 1 atom stereocenters. The third-order valence-corrected chi connectivity index (χ3v) is 7.12. The zero-order chi connectivity index (χ0) is 24.6. The van der Waals surface area contributed by atoms with Crippen molar-refractivity contribution in [2.45, 2.75) is 31.2 Å². The summed E-state index contributed by atoms with van der Waals surface area (Å²) in [6, 6.07) is 14.1. The first-order valence-electron chi connectivity index (χ1n) is 10.8. The number of hydrogen-bond donors (Lipinski definition) is 4. The minimum atomic E-state index is -3.76. The van der Waals surface area contributed by atoms with Gasteiger partial charge in [-0.2, -0.15) is 4.98 Å². The predicted molar refractivity (Wildman–Crippen MR) is 136 cm³/mol. The van der Waals surface area contributed by atoms with Crippen molar-refractivity contribution in [2.75, 3.05) is 30.4 Å². The largest absolute Gasteiger partial charge is 0.492 e. The van der Waals surface area contributed by atoms with E-state index in [2.05, 4.69) is 41.3 Å². The number of anilines is 3. The van der Waals surface area contributed by atoms with Crippen molar-refractivity contribution in [1.82, 2.24) is 14.7 Å². The van der Waals surface area contributed by atoms with Crippen LogP contribution in [0.25, 0.3) is 0 Å². The summed E-state index contributed by atoms with van der Waals surface area (Å²) < 4.78 is 34.6. The number of nitrogens with one attached hydrogen (secondary N) is 3. The number of sulfonamides is 1. The molecule has 0 saturated carbocycles. The molecular formula is C23H28BrN5O4S. The van der Waals surface area contributed by atoms with Gasteiger partial charge in [-0.15, -0.1) is 0 Å². The lowest BCUT2D eigenvalue weighted by Crippen LogP contribution is -2.28. The van der Waals surface area contributed by atoms with Crippen LogP contribution in [-0.4, -0.2) is 49.3 Å². The van der Waals surface area contributed by atoms with Crippen LogP contribution < -0.4 is 20.1 Å².